The van der Waals surface area contributed by atoms with E-state index in [1.165, 1.54) is 0 Å². The lowest BCUT2D eigenvalue weighted by Gasteiger charge is -2.29. The second-order valence-electron chi connectivity index (χ2n) is 7.15. The van der Waals surface area contributed by atoms with Gasteiger partial charge < -0.3 is 9.64 Å². The summed E-state index contributed by atoms with van der Waals surface area (Å²) >= 11 is 0. The maximum absolute atomic E-state index is 13.0. The maximum atomic E-state index is 13.0. The lowest BCUT2D eigenvalue weighted by molar-refractivity contribution is -0.145. The number of hydrogen-bond donors (Lipinski definition) is 0. The van der Waals surface area contributed by atoms with E-state index in [0.29, 0.717) is 26.0 Å². The molecule has 2 unspecified atom stereocenters. The van der Waals surface area contributed by atoms with Crippen molar-refractivity contribution in [3.63, 3.8) is 0 Å². The number of amides is 1. The van der Waals surface area contributed by atoms with Crippen molar-refractivity contribution in [2.45, 2.75) is 30.8 Å². The minimum Gasteiger partial charge on any atom is -0.363 e. The predicted molar refractivity (Wildman–Crippen MR) is 103 cm³/mol. The summed E-state index contributed by atoms with van der Waals surface area (Å²) in [6.07, 6.45) is 0.428. The average Bonchev–Trinajstić information content (AvgIpc) is 2.85. The summed E-state index contributed by atoms with van der Waals surface area (Å²) in [5, 5.41) is -0.551. The second kappa shape index (κ2) is 7.44. The molecule has 0 radical (unpaired) electrons. The van der Waals surface area contributed by atoms with Crippen LogP contribution in [0.5, 0.6) is 0 Å². The Labute approximate surface area is 159 Å². The number of carbonyl (C=O) groups excluding carboxylic acids is 1. The molecule has 2 aliphatic rings. The molecule has 0 aromatic heterocycles. The van der Waals surface area contributed by atoms with E-state index in [2.05, 4.69) is 0 Å². The van der Waals surface area contributed by atoms with Crippen molar-refractivity contribution in [3.8, 4) is 0 Å². The molecule has 0 saturated carbocycles. The van der Waals surface area contributed by atoms with Gasteiger partial charge in [-0.1, -0.05) is 54.6 Å². The monoisotopic (exact) mass is 385 g/mol. The SMILES string of the molecule is O=C(C1Cc2ccccc2CO1)N1CCC(c2ccccc2)S(=O)(=O)CC1. The highest BCUT2D eigenvalue weighted by molar-refractivity contribution is 7.91. The molecular formula is C21H23NO4S. The van der Waals surface area contributed by atoms with Crippen LogP contribution in [0.25, 0.3) is 0 Å². The van der Waals surface area contributed by atoms with Crippen LogP contribution in [0.3, 0.4) is 0 Å². The highest BCUT2D eigenvalue weighted by atomic mass is 32.2. The van der Waals surface area contributed by atoms with Gasteiger partial charge in [0.25, 0.3) is 5.91 Å². The molecule has 4 rings (SSSR count). The van der Waals surface area contributed by atoms with Gasteiger partial charge in [-0.25, -0.2) is 8.42 Å². The highest BCUT2D eigenvalue weighted by Crippen LogP contribution is 2.30. The van der Waals surface area contributed by atoms with Gasteiger partial charge in [0, 0.05) is 19.5 Å². The van der Waals surface area contributed by atoms with E-state index in [1.807, 2.05) is 54.6 Å². The molecule has 27 heavy (non-hydrogen) atoms. The standard InChI is InChI=1S/C21H23NO4S/c23-21(19-14-17-8-4-5-9-18(17)15-26-19)22-11-10-20(27(24,25)13-12-22)16-6-2-1-3-7-16/h1-9,19-20H,10-15H2. The number of benzene rings is 2. The van der Waals surface area contributed by atoms with E-state index in [9.17, 15) is 13.2 Å². The van der Waals surface area contributed by atoms with Crippen LogP contribution in [0.4, 0.5) is 0 Å². The van der Waals surface area contributed by atoms with E-state index in [-0.39, 0.29) is 18.2 Å². The van der Waals surface area contributed by atoms with Gasteiger partial charge in [-0.05, 0) is 23.1 Å². The van der Waals surface area contributed by atoms with Gasteiger partial charge in [-0.15, -0.1) is 0 Å². The quantitative estimate of drug-likeness (QED) is 0.797. The number of carbonyl (C=O) groups is 1. The fourth-order valence-corrected chi connectivity index (χ4v) is 5.71. The van der Waals surface area contributed by atoms with Crippen molar-refractivity contribution in [2.75, 3.05) is 18.8 Å². The molecule has 1 amide bonds. The third kappa shape index (κ3) is 3.77. The Morgan fingerprint density at radius 1 is 0.963 bits per heavy atom. The molecule has 6 heteroatoms. The number of nitrogens with zero attached hydrogens (tertiary/aromatic N) is 1. The second-order valence-corrected chi connectivity index (χ2v) is 9.46. The van der Waals surface area contributed by atoms with Crippen LogP contribution < -0.4 is 0 Å². The molecule has 2 aliphatic heterocycles. The maximum Gasteiger partial charge on any atom is 0.252 e. The van der Waals surface area contributed by atoms with Gasteiger partial charge >= 0.3 is 0 Å². The molecule has 2 aromatic rings. The lowest BCUT2D eigenvalue weighted by atomic mass is 9.98. The Hall–Kier alpha value is -2.18. The molecule has 0 spiro atoms. The third-order valence-corrected chi connectivity index (χ3v) is 7.59. The molecule has 142 valence electrons. The minimum atomic E-state index is -3.29. The summed E-state index contributed by atoms with van der Waals surface area (Å²) in [6, 6.07) is 17.2. The van der Waals surface area contributed by atoms with Gasteiger partial charge in [0.2, 0.25) is 0 Å². The van der Waals surface area contributed by atoms with Crippen LogP contribution in [-0.4, -0.2) is 44.2 Å². The van der Waals surface area contributed by atoms with Gasteiger partial charge in [-0.2, -0.15) is 0 Å². The van der Waals surface area contributed by atoms with Crippen LogP contribution in [0.2, 0.25) is 0 Å². The van der Waals surface area contributed by atoms with Gasteiger partial charge in [0.05, 0.1) is 17.6 Å². The first-order valence-corrected chi connectivity index (χ1v) is 11.0. The topological polar surface area (TPSA) is 63.7 Å². The molecule has 0 N–H and O–H groups in total. The largest absolute Gasteiger partial charge is 0.363 e. The third-order valence-electron chi connectivity index (χ3n) is 5.46. The Kier molecular flexibility index (Phi) is 5.02. The Morgan fingerprint density at radius 2 is 1.67 bits per heavy atom. The molecular weight excluding hydrogens is 362 g/mol. The number of fused-ring (bicyclic) bond motifs is 1. The van der Waals surface area contributed by atoms with Crippen LogP contribution in [0, 0.1) is 0 Å². The van der Waals surface area contributed by atoms with Gasteiger partial charge in [0.15, 0.2) is 9.84 Å². The smallest absolute Gasteiger partial charge is 0.252 e. The van der Waals surface area contributed by atoms with E-state index < -0.39 is 21.2 Å². The normalized spacial score (nSPS) is 24.7. The molecule has 2 aromatic carbocycles. The van der Waals surface area contributed by atoms with Crippen LogP contribution in [-0.2, 0) is 32.4 Å². The number of ether oxygens (including phenoxy) is 1. The van der Waals surface area contributed by atoms with E-state index in [1.54, 1.807) is 4.90 Å². The number of hydrogen-bond acceptors (Lipinski definition) is 4. The fraction of sp³-hybridized carbons (Fsp3) is 0.381. The summed E-state index contributed by atoms with van der Waals surface area (Å²) < 4.78 is 31.3. The van der Waals surface area contributed by atoms with Gasteiger partial charge in [0.1, 0.15) is 6.10 Å². The first kappa shape index (κ1) is 18.2. The summed E-state index contributed by atoms with van der Waals surface area (Å²) in [5.74, 6) is -0.116. The van der Waals surface area contributed by atoms with Crippen molar-refractivity contribution in [1.29, 1.82) is 0 Å². The van der Waals surface area contributed by atoms with Crippen LogP contribution >= 0.6 is 0 Å². The summed E-state index contributed by atoms with van der Waals surface area (Å²) in [7, 11) is -3.29. The average molecular weight is 385 g/mol. The molecule has 5 nitrogen and oxygen atoms in total. The van der Waals surface area contributed by atoms with E-state index >= 15 is 0 Å². The summed E-state index contributed by atoms with van der Waals surface area (Å²) in [4.78, 5) is 14.6. The van der Waals surface area contributed by atoms with E-state index in [4.69, 9.17) is 4.74 Å². The number of rotatable bonds is 2. The Morgan fingerprint density at radius 3 is 2.44 bits per heavy atom. The summed E-state index contributed by atoms with van der Waals surface area (Å²) in [6.45, 7) is 1.08. The fourth-order valence-electron chi connectivity index (χ4n) is 3.91. The zero-order valence-electron chi connectivity index (χ0n) is 15.1. The van der Waals surface area contributed by atoms with Crippen LogP contribution in [0.15, 0.2) is 54.6 Å². The van der Waals surface area contributed by atoms with Crippen molar-refractivity contribution < 1.29 is 17.9 Å². The Bertz CT molecular complexity index is 926. The first-order chi connectivity index (χ1) is 13.0. The van der Waals surface area contributed by atoms with Crippen molar-refractivity contribution >= 4 is 15.7 Å². The van der Waals surface area contributed by atoms with Crippen molar-refractivity contribution in [3.05, 3.63) is 71.3 Å². The predicted octanol–water partition coefficient (Wildman–Crippen LogP) is 2.52. The first-order valence-electron chi connectivity index (χ1n) is 9.28. The van der Waals surface area contributed by atoms with Crippen LogP contribution in [0.1, 0.15) is 28.4 Å². The Balaban J connectivity index is 1.49. The molecule has 0 aliphatic carbocycles. The zero-order valence-corrected chi connectivity index (χ0v) is 15.9. The molecule has 2 atom stereocenters. The molecule has 2 heterocycles. The number of sulfone groups is 1. The molecule has 0 bridgehead atoms. The van der Waals surface area contributed by atoms with Crippen molar-refractivity contribution in [2.24, 2.45) is 0 Å². The van der Waals surface area contributed by atoms with Crippen molar-refractivity contribution in [1.82, 2.24) is 4.90 Å². The lowest BCUT2D eigenvalue weighted by Crippen LogP contribution is -2.44. The van der Waals surface area contributed by atoms with Gasteiger partial charge in [-0.3, -0.25) is 4.79 Å². The van der Waals surface area contributed by atoms with E-state index in [0.717, 1.165) is 16.7 Å². The molecule has 1 saturated heterocycles. The summed E-state index contributed by atoms with van der Waals surface area (Å²) in [5.41, 5.74) is 3.05. The zero-order chi connectivity index (χ0) is 18.9. The molecule has 1 fully saturated rings. The highest BCUT2D eigenvalue weighted by Gasteiger charge is 2.35. The minimum absolute atomic E-state index is 0.0123.